The first-order valence-corrected chi connectivity index (χ1v) is 13.4. The normalized spacial score (nSPS) is 19.3. The van der Waals surface area contributed by atoms with Crippen molar-refractivity contribution in [3.8, 4) is 0 Å². The lowest BCUT2D eigenvalue weighted by molar-refractivity contribution is -0.144. The number of carboxylic acids is 2. The van der Waals surface area contributed by atoms with Crippen molar-refractivity contribution in [1.29, 1.82) is 0 Å². The standard InChI is InChI=1S/C19H31NO3S.C8H14O2/c1-15(2)7-5-8-16(3)9-6-10-17(4)11-12-24-13-18(19(22)23)20-14-21;1-6-4-2-3-5-7(6)8(9)10/h7,9,11,14,18H,5-6,8,10,12-13H2,1-4H3,(H,20,21)(H,22,23);6-7H,2-5H2,1H3,(H,9,10)/b16-9+,17-11+;. The highest BCUT2D eigenvalue weighted by Gasteiger charge is 2.26. The number of amides is 1. The minimum Gasteiger partial charge on any atom is -0.481 e. The van der Waals surface area contributed by atoms with Gasteiger partial charge in [-0.25, -0.2) is 4.79 Å². The summed E-state index contributed by atoms with van der Waals surface area (Å²) in [5.41, 5.74) is 4.11. The van der Waals surface area contributed by atoms with Gasteiger partial charge in [0.05, 0.1) is 5.92 Å². The molecule has 0 bridgehead atoms. The first kappa shape index (κ1) is 32.0. The van der Waals surface area contributed by atoms with Crippen LogP contribution in [0.4, 0.5) is 0 Å². The fourth-order valence-electron chi connectivity index (χ4n) is 3.68. The van der Waals surface area contributed by atoms with Crippen molar-refractivity contribution in [2.24, 2.45) is 11.8 Å². The molecule has 0 aromatic carbocycles. The van der Waals surface area contributed by atoms with Crippen LogP contribution in [0.2, 0.25) is 0 Å². The molecule has 1 aliphatic rings. The molecule has 1 saturated carbocycles. The summed E-state index contributed by atoms with van der Waals surface area (Å²) in [7, 11) is 0. The van der Waals surface area contributed by atoms with Crippen LogP contribution in [0, 0.1) is 11.8 Å². The van der Waals surface area contributed by atoms with E-state index in [9.17, 15) is 14.4 Å². The molecular formula is C27H45NO5S. The number of carbonyl (C=O) groups is 3. The molecule has 0 heterocycles. The van der Waals surface area contributed by atoms with Gasteiger partial charge in [-0.05, 0) is 72.1 Å². The molecule has 0 saturated heterocycles. The zero-order valence-corrected chi connectivity index (χ0v) is 22.5. The number of aliphatic carboxylic acids is 2. The van der Waals surface area contributed by atoms with Crippen molar-refractivity contribution in [2.45, 2.75) is 92.0 Å². The molecule has 0 radical (unpaired) electrons. The Kier molecular flexibility index (Phi) is 18.2. The minimum absolute atomic E-state index is 0.0613. The van der Waals surface area contributed by atoms with Crippen LogP contribution in [0.25, 0.3) is 0 Å². The van der Waals surface area contributed by atoms with Crippen LogP contribution in [0.1, 0.15) is 86.0 Å². The SMILES string of the molecule is CC(C)=CCC/C(C)=C/CC/C(C)=C/CSCC(NC=O)C(=O)O.CC1CCCCC1C(=O)O. The van der Waals surface area contributed by atoms with Gasteiger partial charge in [0.15, 0.2) is 0 Å². The molecule has 1 amide bonds. The van der Waals surface area contributed by atoms with Crippen LogP contribution < -0.4 is 5.32 Å². The topological polar surface area (TPSA) is 104 Å². The third-order valence-electron chi connectivity index (χ3n) is 5.95. The largest absolute Gasteiger partial charge is 0.481 e. The summed E-state index contributed by atoms with van der Waals surface area (Å²) in [4.78, 5) is 31.8. The van der Waals surface area contributed by atoms with Crippen molar-refractivity contribution in [1.82, 2.24) is 5.32 Å². The molecule has 7 heteroatoms. The smallest absolute Gasteiger partial charge is 0.327 e. The van der Waals surface area contributed by atoms with Gasteiger partial charge in [-0.1, -0.05) is 54.7 Å². The van der Waals surface area contributed by atoms with E-state index in [-0.39, 0.29) is 5.92 Å². The summed E-state index contributed by atoms with van der Waals surface area (Å²) in [6, 6.07) is -0.812. The summed E-state index contributed by atoms with van der Waals surface area (Å²) in [6.07, 6.45) is 15.7. The molecule has 34 heavy (non-hydrogen) atoms. The van der Waals surface area contributed by atoms with Crippen LogP contribution >= 0.6 is 11.8 Å². The number of hydrogen-bond donors (Lipinski definition) is 3. The van der Waals surface area contributed by atoms with Gasteiger partial charge in [-0.15, -0.1) is 0 Å². The fraction of sp³-hybridized carbons (Fsp3) is 0.667. The van der Waals surface area contributed by atoms with E-state index in [0.717, 1.165) is 50.7 Å². The lowest BCUT2D eigenvalue weighted by atomic mass is 9.81. The lowest BCUT2D eigenvalue weighted by Crippen LogP contribution is -2.37. The molecule has 3 N–H and O–H groups in total. The van der Waals surface area contributed by atoms with Gasteiger partial charge in [0.25, 0.3) is 0 Å². The van der Waals surface area contributed by atoms with Crippen molar-refractivity contribution < 1.29 is 24.6 Å². The maximum Gasteiger partial charge on any atom is 0.327 e. The number of carboxylic acid groups (broad SMARTS) is 2. The molecule has 6 nitrogen and oxygen atoms in total. The third kappa shape index (κ3) is 16.6. The van der Waals surface area contributed by atoms with Crippen molar-refractivity contribution >= 4 is 30.1 Å². The van der Waals surface area contributed by atoms with E-state index in [4.69, 9.17) is 10.2 Å². The van der Waals surface area contributed by atoms with Gasteiger partial charge < -0.3 is 15.5 Å². The highest BCUT2D eigenvalue weighted by Crippen LogP contribution is 2.29. The number of allylic oxidation sites excluding steroid dienone is 5. The lowest BCUT2D eigenvalue weighted by Gasteiger charge is -2.24. The highest BCUT2D eigenvalue weighted by molar-refractivity contribution is 7.99. The predicted octanol–water partition coefficient (Wildman–Crippen LogP) is 6.24. The van der Waals surface area contributed by atoms with Crippen LogP contribution in [0.3, 0.4) is 0 Å². The van der Waals surface area contributed by atoms with E-state index in [2.05, 4.69) is 51.2 Å². The highest BCUT2D eigenvalue weighted by atomic mass is 32.2. The number of hydrogen-bond acceptors (Lipinski definition) is 4. The second-order valence-electron chi connectivity index (χ2n) is 9.38. The van der Waals surface area contributed by atoms with Crippen LogP contribution in [-0.4, -0.2) is 46.1 Å². The number of thioether (sulfide) groups is 1. The average Bonchev–Trinajstić information content (AvgIpc) is 2.76. The second kappa shape index (κ2) is 19.3. The van der Waals surface area contributed by atoms with Crippen molar-refractivity contribution in [3.05, 3.63) is 34.9 Å². The Bertz CT molecular complexity index is 710. The van der Waals surface area contributed by atoms with E-state index < -0.39 is 18.0 Å². The van der Waals surface area contributed by atoms with Gasteiger partial charge in [-0.3, -0.25) is 9.59 Å². The molecule has 0 spiro atoms. The summed E-state index contributed by atoms with van der Waals surface area (Å²) < 4.78 is 0. The summed E-state index contributed by atoms with van der Waals surface area (Å²) in [5.74, 6) is -0.128. The molecule has 194 valence electrons. The van der Waals surface area contributed by atoms with E-state index in [1.54, 1.807) is 0 Å². The fourth-order valence-corrected chi connectivity index (χ4v) is 4.69. The minimum atomic E-state index is -0.996. The summed E-state index contributed by atoms with van der Waals surface area (Å²) >= 11 is 1.51. The monoisotopic (exact) mass is 495 g/mol. The molecule has 1 fully saturated rings. The maximum absolute atomic E-state index is 10.9. The Morgan fingerprint density at radius 2 is 1.56 bits per heavy atom. The Hall–Kier alpha value is -2.02. The second-order valence-corrected chi connectivity index (χ2v) is 10.5. The van der Waals surface area contributed by atoms with Crippen LogP contribution in [0.5, 0.6) is 0 Å². The quantitative estimate of drug-likeness (QED) is 0.150. The Balaban J connectivity index is 0.000000896. The third-order valence-corrected chi connectivity index (χ3v) is 6.92. The van der Waals surface area contributed by atoms with Gasteiger partial charge in [0.1, 0.15) is 6.04 Å². The summed E-state index contributed by atoms with van der Waals surface area (Å²) in [6.45, 7) is 10.6. The Labute approximate surface area is 210 Å². The van der Waals surface area contributed by atoms with Gasteiger partial charge in [0.2, 0.25) is 6.41 Å². The molecule has 3 unspecified atom stereocenters. The van der Waals surface area contributed by atoms with E-state index in [1.165, 1.54) is 34.9 Å². The summed E-state index contributed by atoms with van der Waals surface area (Å²) in [5, 5.41) is 19.9. The average molecular weight is 496 g/mol. The van der Waals surface area contributed by atoms with Crippen LogP contribution in [0.15, 0.2) is 34.9 Å². The van der Waals surface area contributed by atoms with E-state index in [1.807, 2.05) is 6.92 Å². The molecular weight excluding hydrogens is 450 g/mol. The number of carbonyl (C=O) groups excluding carboxylic acids is 1. The number of rotatable bonds is 14. The van der Waals surface area contributed by atoms with E-state index in [0.29, 0.717) is 18.1 Å². The molecule has 3 atom stereocenters. The van der Waals surface area contributed by atoms with Crippen LogP contribution in [-0.2, 0) is 14.4 Å². The predicted molar refractivity (Wildman–Crippen MR) is 142 cm³/mol. The van der Waals surface area contributed by atoms with Gasteiger partial charge in [0, 0.05) is 11.5 Å². The zero-order chi connectivity index (χ0) is 25.9. The Morgan fingerprint density at radius 3 is 2.06 bits per heavy atom. The molecule has 0 aromatic rings. The molecule has 0 aromatic heterocycles. The molecule has 1 aliphatic carbocycles. The van der Waals surface area contributed by atoms with Gasteiger partial charge in [-0.2, -0.15) is 11.8 Å². The molecule has 1 rings (SSSR count). The first-order valence-electron chi connectivity index (χ1n) is 12.3. The van der Waals surface area contributed by atoms with Crippen molar-refractivity contribution in [2.75, 3.05) is 11.5 Å². The first-order chi connectivity index (χ1) is 16.1. The van der Waals surface area contributed by atoms with Crippen molar-refractivity contribution in [3.63, 3.8) is 0 Å². The van der Waals surface area contributed by atoms with Gasteiger partial charge >= 0.3 is 11.9 Å². The molecule has 0 aliphatic heterocycles. The maximum atomic E-state index is 10.9. The Morgan fingerprint density at radius 1 is 0.971 bits per heavy atom. The zero-order valence-electron chi connectivity index (χ0n) is 21.6. The van der Waals surface area contributed by atoms with E-state index >= 15 is 0 Å². The number of nitrogens with one attached hydrogen (secondary N) is 1.